The van der Waals surface area contributed by atoms with Crippen LogP contribution in [0.5, 0.6) is 0 Å². The van der Waals surface area contributed by atoms with Crippen LogP contribution in [0.3, 0.4) is 0 Å². The second kappa shape index (κ2) is 6.91. The van der Waals surface area contributed by atoms with Gasteiger partial charge in [0, 0.05) is 30.2 Å². The average molecular weight is 310 g/mol. The lowest BCUT2D eigenvalue weighted by Gasteiger charge is -2.21. The zero-order chi connectivity index (χ0) is 15.4. The molecule has 0 aromatic heterocycles. The number of nitrogens with one attached hydrogen (secondary N) is 1. The molecule has 1 unspecified atom stereocenters. The molecule has 1 saturated heterocycles. The van der Waals surface area contributed by atoms with Crippen LogP contribution in [-0.2, 0) is 11.3 Å². The van der Waals surface area contributed by atoms with Gasteiger partial charge in [-0.05, 0) is 37.5 Å². The highest BCUT2D eigenvalue weighted by atomic mass is 35.5. The molecule has 1 aromatic rings. The molecule has 0 saturated carbocycles. The molecule has 2 amide bonds. The summed E-state index contributed by atoms with van der Waals surface area (Å²) < 4.78 is 0. The molecule has 21 heavy (non-hydrogen) atoms. The lowest BCUT2D eigenvalue weighted by molar-refractivity contribution is -0.131. The third kappa shape index (κ3) is 3.95. The Kier molecular flexibility index (Phi) is 5.20. The van der Waals surface area contributed by atoms with Crippen molar-refractivity contribution in [3.63, 3.8) is 0 Å². The Labute approximate surface area is 129 Å². The number of nitrogens with zero attached hydrogens (tertiary/aromatic N) is 1. The maximum Gasteiger partial charge on any atom is 0.248 e. The SMILES string of the molecule is CC(NCc1ccc(C(N)=O)cc1Cl)C(=O)N1CCCC1. The summed E-state index contributed by atoms with van der Waals surface area (Å²) in [7, 11) is 0. The van der Waals surface area contributed by atoms with Gasteiger partial charge in [0.1, 0.15) is 0 Å². The number of likely N-dealkylation sites (tertiary alicyclic amines) is 1. The van der Waals surface area contributed by atoms with Gasteiger partial charge >= 0.3 is 0 Å². The molecule has 5 nitrogen and oxygen atoms in total. The zero-order valence-electron chi connectivity index (χ0n) is 12.1. The highest BCUT2D eigenvalue weighted by Crippen LogP contribution is 2.18. The van der Waals surface area contributed by atoms with Gasteiger partial charge < -0.3 is 16.0 Å². The third-order valence-corrected chi connectivity index (χ3v) is 4.08. The van der Waals surface area contributed by atoms with E-state index in [4.69, 9.17) is 17.3 Å². The van der Waals surface area contributed by atoms with Gasteiger partial charge in [0.25, 0.3) is 0 Å². The van der Waals surface area contributed by atoms with E-state index in [-0.39, 0.29) is 11.9 Å². The first kappa shape index (κ1) is 15.8. The summed E-state index contributed by atoms with van der Waals surface area (Å²) in [4.78, 5) is 25.1. The van der Waals surface area contributed by atoms with E-state index in [9.17, 15) is 9.59 Å². The van der Waals surface area contributed by atoms with E-state index in [2.05, 4.69) is 5.32 Å². The predicted molar refractivity (Wildman–Crippen MR) is 82.1 cm³/mol. The van der Waals surface area contributed by atoms with E-state index in [0.717, 1.165) is 31.5 Å². The van der Waals surface area contributed by atoms with Crippen LogP contribution in [0.25, 0.3) is 0 Å². The third-order valence-electron chi connectivity index (χ3n) is 3.72. The summed E-state index contributed by atoms with van der Waals surface area (Å²) >= 11 is 6.12. The molecule has 114 valence electrons. The van der Waals surface area contributed by atoms with Gasteiger partial charge in [-0.15, -0.1) is 0 Å². The van der Waals surface area contributed by atoms with Crippen LogP contribution in [0.4, 0.5) is 0 Å². The molecule has 6 heteroatoms. The molecule has 0 radical (unpaired) electrons. The molecule has 1 aliphatic rings. The Morgan fingerprint density at radius 2 is 2.05 bits per heavy atom. The summed E-state index contributed by atoms with van der Waals surface area (Å²) in [5.74, 6) is -0.383. The predicted octanol–water partition coefficient (Wildman–Crippen LogP) is 1.54. The van der Waals surface area contributed by atoms with Crippen molar-refractivity contribution in [3.05, 3.63) is 34.3 Å². The van der Waals surface area contributed by atoms with Gasteiger partial charge in [-0.2, -0.15) is 0 Å². The highest BCUT2D eigenvalue weighted by Gasteiger charge is 2.22. The van der Waals surface area contributed by atoms with E-state index in [1.165, 1.54) is 0 Å². The summed E-state index contributed by atoms with van der Waals surface area (Å²) in [6, 6.07) is 4.68. The molecule has 1 aromatic carbocycles. The topological polar surface area (TPSA) is 75.4 Å². The zero-order valence-corrected chi connectivity index (χ0v) is 12.8. The van der Waals surface area contributed by atoms with Crippen molar-refractivity contribution in [1.29, 1.82) is 0 Å². The Morgan fingerprint density at radius 1 is 1.38 bits per heavy atom. The van der Waals surface area contributed by atoms with Crippen LogP contribution >= 0.6 is 11.6 Å². The van der Waals surface area contributed by atoms with E-state index < -0.39 is 5.91 Å². The molecule has 3 N–H and O–H groups in total. The lowest BCUT2D eigenvalue weighted by atomic mass is 10.1. The van der Waals surface area contributed by atoms with Gasteiger partial charge in [0.05, 0.1) is 6.04 Å². The largest absolute Gasteiger partial charge is 0.366 e. The van der Waals surface area contributed by atoms with E-state index in [1.807, 2.05) is 11.8 Å². The van der Waals surface area contributed by atoms with Crippen molar-refractivity contribution in [2.45, 2.75) is 32.4 Å². The summed E-state index contributed by atoms with van der Waals surface area (Å²) in [5, 5.41) is 3.65. The first-order valence-electron chi connectivity index (χ1n) is 7.09. The van der Waals surface area contributed by atoms with Crippen LogP contribution < -0.4 is 11.1 Å². The number of carbonyl (C=O) groups excluding carboxylic acids is 2. The second-order valence-electron chi connectivity index (χ2n) is 5.31. The highest BCUT2D eigenvalue weighted by molar-refractivity contribution is 6.31. The summed E-state index contributed by atoms with van der Waals surface area (Å²) in [5.41, 5.74) is 6.42. The van der Waals surface area contributed by atoms with Gasteiger partial charge in [-0.25, -0.2) is 0 Å². The second-order valence-corrected chi connectivity index (χ2v) is 5.71. The van der Waals surface area contributed by atoms with Crippen molar-refractivity contribution < 1.29 is 9.59 Å². The Hall–Kier alpha value is -1.59. The summed E-state index contributed by atoms with van der Waals surface area (Å²) in [6.45, 7) is 4.02. The van der Waals surface area contributed by atoms with Crippen LogP contribution in [0.2, 0.25) is 5.02 Å². The first-order chi connectivity index (χ1) is 9.99. The number of hydrogen-bond acceptors (Lipinski definition) is 3. The summed E-state index contributed by atoms with van der Waals surface area (Å²) in [6.07, 6.45) is 2.16. The number of rotatable bonds is 5. The van der Waals surface area contributed by atoms with Crippen LogP contribution in [0, 0.1) is 0 Å². The molecule has 0 bridgehead atoms. The molecule has 1 atom stereocenters. The van der Waals surface area contributed by atoms with Gasteiger partial charge in [-0.3, -0.25) is 9.59 Å². The number of amides is 2. The number of nitrogens with two attached hydrogens (primary N) is 1. The van der Waals surface area contributed by atoms with Gasteiger partial charge in [-0.1, -0.05) is 17.7 Å². The van der Waals surface area contributed by atoms with Crippen molar-refractivity contribution in [2.75, 3.05) is 13.1 Å². The Balaban J connectivity index is 1.93. The molecule has 0 spiro atoms. The van der Waals surface area contributed by atoms with Crippen molar-refractivity contribution in [1.82, 2.24) is 10.2 Å². The smallest absolute Gasteiger partial charge is 0.248 e. The van der Waals surface area contributed by atoms with Crippen LogP contribution in [0.1, 0.15) is 35.7 Å². The van der Waals surface area contributed by atoms with E-state index in [1.54, 1.807) is 18.2 Å². The molecule has 1 aliphatic heterocycles. The molecule has 2 rings (SSSR count). The van der Waals surface area contributed by atoms with Crippen molar-refractivity contribution >= 4 is 23.4 Å². The number of carbonyl (C=O) groups is 2. The van der Waals surface area contributed by atoms with Crippen molar-refractivity contribution in [2.24, 2.45) is 5.73 Å². The minimum Gasteiger partial charge on any atom is -0.366 e. The van der Waals surface area contributed by atoms with Gasteiger partial charge in [0.2, 0.25) is 11.8 Å². The number of hydrogen-bond donors (Lipinski definition) is 2. The molecular weight excluding hydrogens is 290 g/mol. The molecular formula is C15H20ClN3O2. The fourth-order valence-electron chi connectivity index (χ4n) is 2.41. The quantitative estimate of drug-likeness (QED) is 0.866. The number of primary amides is 1. The Bertz CT molecular complexity index is 542. The van der Waals surface area contributed by atoms with E-state index in [0.29, 0.717) is 17.1 Å². The fraction of sp³-hybridized carbons (Fsp3) is 0.467. The number of benzene rings is 1. The normalized spacial score (nSPS) is 16.0. The van der Waals surface area contributed by atoms with E-state index >= 15 is 0 Å². The average Bonchev–Trinajstić information content (AvgIpc) is 2.98. The number of halogens is 1. The Morgan fingerprint density at radius 3 is 2.62 bits per heavy atom. The maximum atomic E-state index is 12.2. The van der Waals surface area contributed by atoms with Crippen molar-refractivity contribution in [3.8, 4) is 0 Å². The standard InChI is InChI=1S/C15H20ClN3O2/c1-10(15(21)19-6-2-3-7-19)18-9-12-5-4-11(14(17)20)8-13(12)16/h4-5,8,10,18H,2-3,6-7,9H2,1H3,(H2,17,20). The molecule has 1 fully saturated rings. The fourth-order valence-corrected chi connectivity index (χ4v) is 2.65. The maximum absolute atomic E-state index is 12.2. The lowest BCUT2D eigenvalue weighted by Crippen LogP contribution is -2.43. The van der Waals surface area contributed by atoms with Gasteiger partial charge in [0.15, 0.2) is 0 Å². The minimum atomic E-state index is -0.506. The van der Waals surface area contributed by atoms with Crippen LogP contribution in [-0.4, -0.2) is 35.8 Å². The molecule has 0 aliphatic carbocycles. The first-order valence-corrected chi connectivity index (χ1v) is 7.47. The monoisotopic (exact) mass is 309 g/mol. The molecule has 1 heterocycles. The minimum absolute atomic E-state index is 0.123. The van der Waals surface area contributed by atoms with Crippen LogP contribution in [0.15, 0.2) is 18.2 Å².